The fourth-order valence-electron chi connectivity index (χ4n) is 3.30. The summed E-state index contributed by atoms with van der Waals surface area (Å²) in [5, 5.41) is 4.79. The highest BCUT2D eigenvalue weighted by Gasteiger charge is 2.19. The van der Waals surface area contributed by atoms with Gasteiger partial charge >= 0.3 is 0 Å². The first kappa shape index (κ1) is 14.6. The first-order chi connectivity index (χ1) is 10.3. The summed E-state index contributed by atoms with van der Waals surface area (Å²) < 4.78 is 2.17. The zero-order valence-electron chi connectivity index (χ0n) is 12.6. The minimum atomic E-state index is 0.346. The van der Waals surface area contributed by atoms with E-state index in [0.717, 1.165) is 12.1 Å². The zero-order valence-corrected chi connectivity index (χ0v) is 13.4. The van der Waals surface area contributed by atoms with Gasteiger partial charge in [0.05, 0.1) is 11.7 Å². The van der Waals surface area contributed by atoms with Crippen LogP contribution in [-0.2, 0) is 6.42 Å². The van der Waals surface area contributed by atoms with Crippen molar-refractivity contribution in [3.8, 4) is 0 Å². The van der Waals surface area contributed by atoms with Gasteiger partial charge in [-0.1, -0.05) is 42.7 Å². The number of aryl methyl sites for hydroxylation is 1. The van der Waals surface area contributed by atoms with Gasteiger partial charge < -0.3 is 0 Å². The molecule has 0 spiro atoms. The van der Waals surface area contributed by atoms with Crippen molar-refractivity contribution >= 4 is 11.6 Å². The Morgan fingerprint density at radius 1 is 1.29 bits per heavy atom. The minimum Gasteiger partial charge on any atom is -0.269 e. The van der Waals surface area contributed by atoms with Gasteiger partial charge in [-0.3, -0.25) is 4.68 Å². The third kappa shape index (κ3) is 3.49. The molecule has 1 aliphatic carbocycles. The molecule has 2 aromatic rings. The minimum absolute atomic E-state index is 0.346. The summed E-state index contributed by atoms with van der Waals surface area (Å²) in [7, 11) is 0. The fourth-order valence-corrected chi connectivity index (χ4v) is 3.58. The molecular weight excluding hydrogens is 280 g/mol. The zero-order chi connectivity index (χ0) is 14.7. The number of nitrogens with zero attached hydrogens (tertiary/aromatic N) is 2. The Kier molecular flexibility index (Phi) is 4.64. The Bertz CT molecular complexity index is 584. The molecule has 0 amide bonds. The van der Waals surface area contributed by atoms with E-state index in [2.05, 4.69) is 48.1 Å². The summed E-state index contributed by atoms with van der Waals surface area (Å²) in [6.07, 6.45) is 8.30. The molecule has 1 aromatic heterocycles. The van der Waals surface area contributed by atoms with Gasteiger partial charge in [0.25, 0.3) is 0 Å². The van der Waals surface area contributed by atoms with Gasteiger partial charge in [0.1, 0.15) is 0 Å². The lowest BCUT2D eigenvalue weighted by atomic mass is 9.95. The molecule has 1 aliphatic rings. The molecule has 1 aromatic carbocycles. The van der Waals surface area contributed by atoms with Crippen LogP contribution in [0.4, 0.5) is 0 Å². The molecule has 3 rings (SSSR count). The van der Waals surface area contributed by atoms with Crippen LogP contribution in [0.1, 0.15) is 54.5 Å². The predicted octanol–water partition coefficient (Wildman–Crippen LogP) is 4.87. The van der Waals surface area contributed by atoms with Crippen molar-refractivity contribution in [3.63, 3.8) is 0 Å². The topological polar surface area (TPSA) is 17.8 Å². The van der Waals surface area contributed by atoms with E-state index < -0.39 is 0 Å². The molecule has 0 radical (unpaired) electrons. The number of rotatable bonds is 5. The lowest BCUT2D eigenvalue weighted by Crippen LogP contribution is -2.08. The van der Waals surface area contributed by atoms with Gasteiger partial charge in [0, 0.05) is 18.0 Å². The number of alkyl halides is 1. The van der Waals surface area contributed by atoms with Crippen molar-refractivity contribution in [2.45, 2.75) is 51.0 Å². The molecule has 3 heteroatoms. The average molecular weight is 303 g/mol. The van der Waals surface area contributed by atoms with Gasteiger partial charge in [-0.05, 0) is 37.8 Å². The number of benzene rings is 1. The number of hydrogen-bond donors (Lipinski definition) is 0. The van der Waals surface area contributed by atoms with Gasteiger partial charge in [-0.25, -0.2) is 0 Å². The number of hydrogen-bond acceptors (Lipinski definition) is 1. The number of aromatic nitrogens is 2. The van der Waals surface area contributed by atoms with E-state index >= 15 is 0 Å². The van der Waals surface area contributed by atoms with Crippen molar-refractivity contribution < 1.29 is 0 Å². The second kappa shape index (κ2) is 6.65. The third-order valence-corrected chi connectivity index (χ3v) is 4.89. The fraction of sp³-hybridized carbons (Fsp3) is 0.500. The van der Waals surface area contributed by atoms with Crippen LogP contribution in [0.3, 0.4) is 0 Å². The van der Waals surface area contributed by atoms with Crippen LogP contribution in [0.2, 0.25) is 0 Å². The van der Waals surface area contributed by atoms with E-state index in [-0.39, 0.29) is 0 Å². The second-order valence-corrected chi connectivity index (χ2v) is 6.50. The van der Waals surface area contributed by atoms with E-state index in [1.165, 1.54) is 36.8 Å². The Hall–Kier alpha value is -1.28. The van der Waals surface area contributed by atoms with E-state index in [9.17, 15) is 0 Å². The first-order valence-corrected chi connectivity index (χ1v) is 8.46. The summed E-state index contributed by atoms with van der Waals surface area (Å²) in [5.41, 5.74) is 3.77. The molecule has 1 fully saturated rings. The standard InChI is InChI=1S/C18H23ClN2/c1-14-5-4-6-15(11-14)16(13-19)12-17-9-10-21(20-17)18-7-2-3-8-18/h4-6,9-11,16,18H,2-3,7-8,12-13H2,1H3. The van der Waals surface area contributed by atoms with Gasteiger partial charge in [-0.15, -0.1) is 11.6 Å². The molecule has 1 saturated carbocycles. The SMILES string of the molecule is Cc1cccc(C(CCl)Cc2ccn(C3CCCC3)n2)c1. The quantitative estimate of drug-likeness (QED) is 0.720. The average Bonchev–Trinajstić information content (AvgIpc) is 3.15. The Labute approximate surface area is 132 Å². The third-order valence-electron chi connectivity index (χ3n) is 4.52. The Morgan fingerprint density at radius 3 is 2.81 bits per heavy atom. The summed E-state index contributed by atoms with van der Waals surface area (Å²) in [4.78, 5) is 0. The van der Waals surface area contributed by atoms with Gasteiger partial charge in [0.2, 0.25) is 0 Å². The summed E-state index contributed by atoms with van der Waals surface area (Å²) in [6, 6.07) is 11.4. The summed E-state index contributed by atoms with van der Waals surface area (Å²) >= 11 is 6.20. The summed E-state index contributed by atoms with van der Waals surface area (Å²) in [6.45, 7) is 2.13. The Balaban J connectivity index is 1.72. The van der Waals surface area contributed by atoms with Crippen molar-refractivity contribution in [2.24, 2.45) is 0 Å². The van der Waals surface area contributed by atoms with Crippen LogP contribution in [0.5, 0.6) is 0 Å². The predicted molar refractivity (Wildman–Crippen MR) is 88.1 cm³/mol. The lowest BCUT2D eigenvalue weighted by Gasteiger charge is -2.14. The van der Waals surface area contributed by atoms with E-state index in [4.69, 9.17) is 16.7 Å². The summed E-state index contributed by atoms with van der Waals surface area (Å²) in [5.74, 6) is 0.984. The molecule has 0 saturated heterocycles. The van der Waals surface area contributed by atoms with Gasteiger partial charge in [-0.2, -0.15) is 5.10 Å². The monoisotopic (exact) mass is 302 g/mol. The molecule has 21 heavy (non-hydrogen) atoms. The highest BCUT2D eigenvalue weighted by atomic mass is 35.5. The Morgan fingerprint density at radius 2 is 2.10 bits per heavy atom. The van der Waals surface area contributed by atoms with Crippen LogP contribution in [-0.4, -0.2) is 15.7 Å². The second-order valence-electron chi connectivity index (χ2n) is 6.19. The highest BCUT2D eigenvalue weighted by Crippen LogP contribution is 2.29. The van der Waals surface area contributed by atoms with Crippen molar-refractivity contribution in [1.82, 2.24) is 9.78 Å². The molecule has 2 nitrogen and oxygen atoms in total. The molecule has 112 valence electrons. The lowest BCUT2D eigenvalue weighted by molar-refractivity contribution is 0.461. The van der Waals surface area contributed by atoms with Crippen LogP contribution in [0, 0.1) is 6.92 Å². The molecule has 1 heterocycles. The normalized spacial score (nSPS) is 17.2. The molecule has 1 atom stereocenters. The van der Waals surface area contributed by atoms with Crippen molar-refractivity contribution in [3.05, 3.63) is 53.3 Å². The van der Waals surface area contributed by atoms with E-state index in [1.807, 2.05) is 0 Å². The molecule has 0 aliphatic heterocycles. The number of halogens is 1. The van der Waals surface area contributed by atoms with Crippen molar-refractivity contribution in [2.75, 3.05) is 5.88 Å². The largest absolute Gasteiger partial charge is 0.269 e. The maximum absolute atomic E-state index is 6.20. The maximum atomic E-state index is 6.20. The van der Waals surface area contributed by atoms with Crippen LogP contribution in [0.25, 0.3) is 0 Å². The molecular formula is C18H23ClN2. The van der Waals surface area contributed by atoms with Crippen LogP contribution >= 0.6 is 11.6 Å². The van der Waals surface area contributed by atoms with Crippen LogP contribution < -0.4 is 0 Å². The highest BCUT2D eigenvalue weighted by molar-refractivity contribution is 6.18. The first-order valence-electron chi connectivity index (χ1n) is 7.93. The molecule has 1 unspecified atom stereocenters. The molecule has 0 bridgehead atoms. The smallest absolute Gasteiger partial charge is 0.0631 e. The van der Waals surface area contributed by atoms with Crippen LogP contribution in [0.15, 0.2) is 36.5 Å². The molecule has 0 N–H and O–H groups in total. The van der Waals surface area contributed by atoms with Gasteiger partial charge in [0.15, 0.2) is 0 Å². The van der Waals surface area contributed by atoms with E-state index in [0.29, 0.717) is 17.8 Å². The van der Waals surface area contributed by atoms with E-state index in [1.54, 1.807) is 0 Å². The van der Waals surface area contributed by atoms with Crippen molar-refractivity contribution in [1.29, 1.82) is 0 Å². The maximum Gasteiger partial charge on any atom is 0.0631 e.